The molecule has 5 heteroatoms. The zero-order chi connectivity index (χ0) is 19.1. The molecule has 1 saturated heterocycles. The summed E-state index contributed by atoms with van der Waals surface area (Å²) in [5, 5.41) is 0. The molecule has 5 nitrogen and oxygen atoms in total. The van der Waals surface area contributed by atoms with E-state index < -0.39 is 0 Å². The number of piperidine rings is 1. The van der Waals surface area contributed by atoms with E-state index in [9.17, 15) is 4.79 Å². The molecule has 1 aliphatic heterocycles. The number of benzene rings is 1. The van der Waals surface area contributed by atoms with E-state index in [4.69, 9.17) is 4.74 Å². The first kappa shape index (κ1) is 19.5. The summed E-state index contributed by atoms with van der Waals surface area (Å²) in [5.74, 6) is 1.57. The van der Waals surface area contributed by atoms with Crippen LogP contribution in [0.1, 0.15) is 35.8 Å². The molecule has 0 aliphatic carbocycles. The number of amides is 1. The summed E-state index contributed by atoms with van der Waals surface area (Å²) in [4.78, 5) is 20.2. The van der Waals surface area contributed by atoms with Crippen molar-refractivity contribution in [1.29, 1.82) is 0 Å². The second-order valence-corrected chi connectivity index (χ2v) is 7.34. The van der Waals surface area contributed by atoms with E-state index in [0.29, 0.717) is 11.6 Å². The molecule has 0 spiro atoms. The monoisotopic (exact) mass is 369 g/mol. The molecular formula is C22H31N3O2. The van der Waals surface area contributed by atoms with E-state index in [0.717, 1.165) is 44.9 Å². The molecule has 0 radical (unpaired) electrons. The van der Waals surface area contributed by atoms with Gasteiger partial charge in [-0.3, -0.25) is 4.79 Å². The van der Waals surface area contributed by atoms with Gasteiger partial charge in [0.15, 0.2) is 0 Å². The second kappa shape index (κ2) is 9.60. The van der Waals surface area contributed by atoms with Gasteiger partial charge in [-0.15, -0.1) is 0 Å². The Bertz CT molecular complexity index is 714. The van der Waals surface area contributed by atoms with E-state index in [1.165, 1.54) is 18.4 Å². The zero-order valence-corrected chi connectivity index (χ0v) is 16.5. The van der Waals surface area contributed by atoms with Gasteiger partial charge in [0.1, 0.15) is 11.4 Å². The topological polar surface area (TPSA) is 48.6 Å². The number of rotatable bonds is 8. The van der Waals surface area contributed by atoms with Gasteiger partial charge in [-0.25, -0.2) is 0 Å². The van der Waals surface area contributed by atoms with Crippen LogP contribution in [0, 0.1) is 5.92 Å². The highest BCUT2D eigenvalue weighted by atomic mass is 16.5. The Balaban J connectivity index is 1.51. The van der Waals surface area contributed by atoms with Gasteiger partial charge in [-0.05, 0) is 68.5 Å². The van der Waals surface area contributed by atoms with Crippen molar-refractivity contribution in [3.63, 3.8) is 0 Å². The van der Waals surface area contributed by atoms with Gasteiger partial charge in [-0.2, -0.15) is 0 Å². The number of carbonyl (C=O) groups excluding carboxylic acids is 1. The number of likely N-dealkylation sites (tertiary alicyclic amines) is 1. The first-order valence-corrected chi connectivity index (χ1v) is 9.97. The maximum atomic E-state index is 12.6. The highest BCUT2D eigenvalue weighted by Gasteiger charge is 2.24. The predicted octanol–water partition coefficient (Wildman–Crippen LogP) is 3.44. The first-order valence-electron chi connectivity index (χ1n) is 9.97. The molecule has 0 unspecified atom stereocenters. The summed E-state index contributed by atoms with van der Waals surface area (Å²) in [6.45, 7) is 6.92. The van der Waals surface area contributed by atoms with Gasteiger partial charge in [0.25, 0.3) is 5.91 Å². The van der Waals surface area contributed by atoms with Gasteiger partial charge < -0.3 is 19.5 Å². The lowest BCUT2D eigenvalue weighted by Crippen LogP contribution is -2.43. The van der Waals surface area contributed by atoms with Crippen LogP contribution >= 0.6 is 0 Å². The lowest BCUT2D eigenvalue weighted by molar-refractivity contribution is 0.0685. The molecule has 0 saturated carbocycles. The van der Waals surface area contributed by atoms with Crippen molar-refractivity contribution in [3.8, 4) is 5.75 Å². The summed E-state index contributed by atoms with van der Waals surface area (Å²) >= 11 is 0. The number of hydrogen-bond acceptors (Lipinski definition) is 3. The first-order chi connectivity index (χ1) is 13.2. The normalized spacial score (nSPS) is 17.6. The molecule has 0 bridgehead atoms. The van der Waals surface area contributed by atoms with Crippen molar-refractivity contribution in [2.45, 2.75) is 26.2 Å². The van der Waals surface area contributed by atoms with E-state index >= 15 is 0 Å². The standard InChI is InChI=1S/C22H31N3O2/c1-3-25(22(26)21-10-5-12-23-21)17-19-8-6-13-24(16-19)14-11-18-7-4-9-20(15-18)27-2/h4-5,7,9-10,12,15,19,23H,3,6,8,11,13-14,16-17H2,1-2H3/t19-/m1/s1. The van der Waals surface area contributed by atoms with Crippen LogP contribution in [-0.4, -0.2) is 60.5 Å². The van der Waals surface area contributed by atoms with E-state index in [2.05, 4.69) is 35.0 Å². The van der Waals surface area contributed by atoms with Crippen LogP contribution in [0.15, 0.2) is 42.6 Å². The van der Waals surface area contributed by atoms with Crippen molar-refractivity contribution in [2.75, 3.05) is 39.8 Å². The summed E-state index contributed by atoms with van der Waals surface area (Å²) in [7, 11) is 1.71. The number of ether oxygens (including phenoxy) is 1. The number of carbonyl (C=O) groups is 1. The van der Waals surface area contributed by atoms with E-state index in [1.54, 1.807) is 7.11 Å². The van der Waals surface area contributed by atoms with E-state index in [1.807, 2.05) is 29.3 Å². The molecule has 1 aromatic heterocycles. The van der Waals surface area contributed by atoms with E-state index in [-0.39, 0.29) is 5.91 Å². The molecule has 3 rings (SSSR count). The lowest BCUT2D eigenvalue weighted by Gasteiger charge is -2.35. The van der Waals surface area contributed by atoms with Crippen LogP contribution in [0.25, 0.3) is 0 Å². The van der Waals surface area contributed by atoms with Gasteiger partial charge in [0.05, 0.1) is 7.11 Å². The molecule has 1 aromatic carbocycles. The van der Waals surface area contributed by atoms with Gasteiger partial charge in [0, 0.05) is 32.4 Å². The average molecular weight is 370 g/mol. The summed E-state index contributed by atoms with van der Waals surface area (Å²) in [5.41, 5.74) is 2.00. The van der Waals surface area contributed by atoms with Crippen LogP contribution in [-0.2, 0) is 6.42 Å². The van der Waals surface area contributed by atoms with Crippen LogP contribution in [0.5, 0.6) is 5.75 Å². The van der Waals surface area contributed by atoms with Gasteiger partial charge in [0.2, 0.25) is 0 Å². The number of nitrogens with one attached hydrogen (secondary N) is 1. The Morgan fingerprint density at radius 1 is 1.33 bits per heavy atom. The number of methoxy groups -OCH3 is 1. The lowest BCUT2D eigenvalue weighted by atomic mass is 9.96. The molecular weight excluding hydrogens is 338 g/mol. The number of nitrogens with zero attached hydrogens (tertiary/aromatic N) is 2. The molecule has 1 aliphatic rings. The maximum Gasteiger partial charge on any atom is 0.270 e. The quantitative estimate of drug-likeness (QED) is 0.775. The Kier molecular flexibility index (Phi) is 6.93. The average Bonchev–Trinajstić information content (AvgIpc) is 3.25. The molecule has 146 valence electrons. The highest BCUT2D eigenvalue weighted by Crippen LogP contribution is 2.20. The number of aromatic nitrogens is 1. The largest absolute Gasteiger partial charge is 0.497 e. The minimum atomic E-state index is 0.107. The third-order valence-corrected chi connectivity index (χ3v) is 5.43. The fourth-order valence-electron chi connectivity index (χ4n) is 3.92. The summed E-state index contributed by atoms with van der Waals surface area (Å²) in [6, 6.07) is 12.1. The fourth-order valence-corrected chi connectivity index (χ4v) is 3.92. The highest BCUT2D eigenvalue weighted by molar-refractivity contribution is 5.92. The van der Waals surface area contributed by atoms with Crippen molar-refractivity contribution in [2.24, 2.45) is 5.92 Å². The number of aromatic amines is 1. The summed E-state index contributed by atoms with van der Waals surface area (Å²) < 4.78 is 5.32. The van der Waals surface area contributed by atoms with Crippen molar-refractivity contribution < 1.29 is 9.53 Å². The zero-order valence-electron chi connectivity index (χ0n) is 16.5. The van der Waals surface area contributed by atoms with Crippen LogP contribution in [0.4, 0.5) is 0 Å². The van der Waals surface area contributed by atoms with Crippen LogP contribution < -0.4 is 4.74 Å². The van der Waals surface area contributed by atoms with Crippen molar-refractivity contribution in [3.05, 3.63) is 53.9 Å². The van der Waals surface area contributed by atoms with Crippen LogP contribution in [0.2, 0.25) is 0 Å². The third kappa shape index (κ3) is 5.36. The summed E-state index contributed by atoms with van der Waals surface area (Å²) in [6.07, 6.45) is 5.24. The molecule has 27 heavy (non-hydrogen) atoms. The number of H-pyrrole nitrogens is 1. The molecule has 2 aromatic rings. The van der Waals surface area contributed by atoms with Gasteiger partial charge >= 0.3 is 0 Å². The molecule has 1 amide bonds. The maximum absolute atomic E-state index is 12.6. The SMILES string of the molecule is CCN(C[C@@H]1CCCN(CCc2cccc(OC)c2)C1)C(=O)c1ccc[nH]1. The fraction of sp³-hybridized carbons (Fsp3) is 0.500. The molecule has 2 heterocycles. The second-order valence-electron chi connectivity index (χ2n) is 7.34. The molecule has 1 fully saturated rings. The van der Waals surface area contributed by atoms with Crippen molar-refractivity contribution in [1.82, 2.24) is 14.8 Å². The Morgan fingerprint density at radius 2 is 2.22 bits per heavy atom. The Hall–Kier alpha value is -2.27. The Morgan fingerprint density at radius 3 is 2.96 bits per heavy atom. The smallest absolute Gasteiger partial charge is 0.270 e. The van der Waals surface area contributed by atoms with Crippen molar-refractivity contribution >= 4 is 5.91 Å². The Labute approximate surface area is 162 Å². The minimum Gasteiger partial charge on any atom is -0.497 e. The molecule has 1 atom stereocenters. The minimum absolute atomic E-state index is 0.107. The third-order valence-electron chi connectivity index (χ3n) is 5.43. The molecule has 1 N–H and O–H groups in total. The number of hydrogen-bond donors (Lipinski definition) is 1. The predicted molar refractivity (Wildman–Crippen MR) is 108 cm³/mol. The van der Waals surface area contributed by atoms with Crippen LogP contribution in [0.3, 0.4) is 0 Å². The van der Waals surface area contributed by atoms with Gasteiger partial charge in [-0.1, -0.05) is 12.1 Å².